The quantitative estimate of drug-likeness (QED) is 0.701. The molecule has 0 aliphatic carbocycles. The molecule has 152 valence electrons. The second-order valence-electron chi connectivity index (χ2n) is 5.88. The van der Waals surface area contributed by atoms with Crippen molar-refractivity contribution in [1.29, 1.82) is 0 Å². The van der Waals surface area contributed by atoms with Crippen molar-refractivity contribution in [2.45, 2.75) is 19.1 Å². The third-order valence-electron chi connectivity index (χ3n) is 3.65. The van der Waals surface area contributed by atoms with Gasteiger partial charge in [0, 0.05) is 29.6 Å². The number of rotatable bonds is 8. The molecule has 9 heteroatoms. The number of hydrogen-bond donors (Lipinski definition) is 2. The summed E-state index contributed by atoms with van der Waals surface area (Å²) in [6, 6.07) is 10.2. The molecule has 0 aliphatic heterocycles. The van der Waals surface area contributed by atoms with Gasteiger partial charge in [-0.15, -0.1) is 0 Å². The van der Waals surface area contributed by atoms with E-state index in [4.69, 9.17) is 9.47 Å². The van der Waals surface area contributed by atoms with Gasteiger partial charge < -0.3 is 24.8 Å². The van der Waals surface area contributed by atoms with Crippen LogP contribution in [0.15, 0.2) is 42.5 Å². The number of ether oxygens (including phenoxy) is 3. The molecule has 1 atom stereocenters. The molecule has 6 nitrogen and oxygen atoms in total. The summed E-state index contributed by atoms with van der Waals surface area (Å²) in [5.74, 6) is 0.838. The normalized spacial score (nSPS) is 12.1. The van der Waals surface area contributed by atoms with Gasteiger partial charge >= 0.3 is 6.18 Å². The Hall–Kier alpha value is -3.10. The lowest BCUT2D eigenvalue weighted by atomic mass is 10.2. The highest BCUT2D eigenvalue weighted by Gasteiger charge is 2.28. The largest absolute Gasteiger partial charge is 0.497 e. The van der Waals surface area contributed by atoms with Gasteiger partial charge in [0.1, 0.15) is 23.3 Å². The van der Waals surface area contributed by atoms with E-state index in [1.807, 2.05) is 0 Å². The SMILES string of the molecule is COc1cc(NC(=O)[C@@H](C)Nc2ccc(OCC(F)(F)F)cc2)cc(OC)c1. The van der Waals surface area contributed by atoms with Crippen molar-refractivity contribution in [3.05, 3.63) is 42.5 Å². The van der Waals surface area contributed by atoms with Crippen molar-refractivity contribution < 1.29 is 32.2 Å². The van der Waals surface area contributed by atoms with Crippen LogP contribution in [0.25, 0.3) is 0 Å². The molecule has 0 aromatic heterocycles. The number of hydrogen-bond acceptors (Lipinski definition) is 5. The Morgan fingerprint density at radius 3 is 2.04 bits per heavy atom. The highest BCUT2D eigenvalue weighted by Crippen LogP contribution is 2.26. The maximum atomic E-state index is 12.4. The predicted molar refractivity (Wildman–Crippen MR) is 99.3 cm³/mol. The topological polar surface area (TPSA) is 68.8 Å². The van der Waals surface area contributed by atoms with Crippen LogP contribution in [0.2, 0.25) is 0 Å². The van der Waals surface area contributed by atoms with Crippen LogP contribution in [0.5, 0.6) is 17.2 Å². The first-order valence-electron chi connectivity index (χ1n) is 8.30. The smallest absolute Gasteiger partial charge is 0.422 e. The minimum atomic E-state index is -4.40. The average molecular weight is 398 g/mol. The van der Waals surface area contributed by atoms with E-state index in [0.717, 1.165) is 0 Å². The first kappa shape index (κ1) is 21.2. The van der Waals surface area contributed by atoms with E-state index in [0.29, 0.717) is 22.9 Å². The minimum absolute atomic E-state index is 0.0865. The van der Waals surface area contributed by atoms with Crippen LogP contribution in [0.1, 0.15) is 6.92 Å². The van der Waals surface area contributed by atoms with Crippen LogP contribution in [0.3, 0.4) is 0 Å². The van der Waals surface area contributed by atoms with Gasteiger partial charge in [-0.25, -0.2) is 0 Å². The van der Waals surface area contributed by atoms with Crippen LogP contribution in [0.4, 0.5) is 24.5 Å². The van der Waals surface area contributed by atoms with Crippen molar-refractivity contribution >= 4 is 17.3 Å². The minimum Gasteiger partial charge on any atom is -0.497 e. The average Bonchev–Trinajstić information content (AvgIpc) is 2.66. The molecular weight excluding hydrogens is 377 g/mol. The van der Waals surface area contributed by atoms with E-state index in [1.54, 1.807) is 25.1 Å². The number of carbonyl (C=O) groups is 1. The molecule has 1 amide bonds. The first-order valence-corrected chi connectivity index (χ1v) is 8.30. The van der Waals surface area contributed by atoms with Crippen molar-refractivity contribution in [2.24, 2.45) is 0 Å². The van der Waals surface area contributed by atoms with E-state index in [9.17, 15) is 18.0 Å². The van der Waals surface area contributed by atoms with Crippen molar-refractivity contribution in [1.82, 2.24) is 0 Å². The molecule has 0 saturated carbocycles. The number of amides is 1. The van der Waals surface area contributed by atoms with Crippen molar-refractivity contribution in [3.8, 4) is 17.2 Å². The summed E-state index contributed by atoms with van der Waals surface area (Å²) in [5, 5.41) is 5.71. The number of carbonyl (C=O) groups excluding carboxylic acids is 1. The molecule has 0 unspecified atom stereocenters. The molecular formula is C19H21F3N2O4. The summed E-state index contributed by atoms with van der Waals surface area (Å²) in [7, 11) is 3.01. The Kier molecular flexibility index (Phi) is 6.97. The van der Waals surface area contributed by atoms with E-state index in [-0.39, 0.29) is 11.7 Å². The molecule has 0 fully saturated rings. The van der Waals surface area contributed by atoms with E-state index in [1.165, 1.54) is 38.5 Å². The Labute approximate surface area is 160 Å². The zero-order chi connectivity index (χ0) is 20.7. The molecule has 2 aromatic carbocycles. The fraction of sp³-hybridized carbons (Fsp3) is 0.316. The number of anilines is 2. The number of halogens is 3. The Morgan fingerprint density at radius 2 is 1.54 bits per heavy atom. The molecule has 2 rings (SSSR count). The van der Waals surface area contributed by atoms with Gasteiger partial charge in [-0.3, -0.25) is 4.79 Å². The van der Waals surface area contributed by atoms with Gasteiger partial charge in [0.05, 0.1) is 14.2 Å². The maximum absolute atomic E-state index is 12.4. The third kappa shape index (κ3) is 6.57. The van der Waals surface area contributed by atoms with Gasteiger partial charge in [-0.05, 0) is 31.2 Å². The molecule has 0 saturated heterocycles. The highest BCUT2D eigenvalue weighted by molar-refractivity contribution is 5.96. The summed E-state index contributed by atoms with van der Waals surface area (Å²) in [6.07, 6.45) is -4.40. The van der Waals surface area contributed by atoms with E-state index in [2.05, 4.69) is 15.4 Å². The van der Waals surface area contributed by atoms with Gasteiger partial charge in [0.25, 0.3) is 0 Å². The first-order chi connectivity index (χ1) is 13.2. The third-order valence-corrected chi connectivity index (χ3v) is 3.65. The second-order valence-corrected chi connectivity index (χ2v) is 5.88. The number of nitrogens with one attached hydrogen (secondary N) is 2. The summed E-state index contributed by atoms with van der Waals surface area (Å²) in [6.45, 7) is 0.295. The Balaban J connectivity index is 1.95. The molecule has 0 bridgehead atoms. The zero-order valence-electron chi connectivity index (χ0n) is 15.6. The summed E-state index contributed by atoms with van der Waals surface area (Å²) < 4.78 is 51.4. The van der Waals surface area contributed by atoms with Crippen LogP contribution in [-0.2, 0) is 4.79 Å². The number of alkyl halides is 3. The summed E-state index contributed by atoms with van der Waals surface area (Å²) in [4.78, 5) is 12.4. The standard InChI is InChI=1S/C19H21F3N2O4/c1-12(18(25)24-14-8-16(26-2)10-17(9-14)27-3)23-13-4-6-15(7-5-13)28-11-19(20,21)22/h4-10,12,23H,11H2,1-3H3,(H,24,25)/t12-/m1/s1. The number of benzene rings is 2. The fourth-order valence-corrected chi connectivity index (χ4v) is 2.26. The molecule has 0 radical (unpaired) electrons. The fourth-order valence-electron chi connectivity index (χ4n) is 2.26. The van der Waals surface area contributed by atoms with E-state index < -0.39 is 18.8 Å². The predicted octanol–water partition coefficient (Wildman–Crippen LogP) is 4.08. The van der Waals surface area contributed by atoms with Crippen molar-refractivity contribution in [3.63, 3.8) is 0 Å². The second kappa shape index (κ2) is 9.20. The lowest BCUT2D eigenvalue weighted by Crippen LogP contribution is -2.31. The monoisotopic (exact) mass is 398 g/mol. The lowest BCUT2D eigenvalue weighted by Gasteiger charge is -2.17. The molecule has 0 spiro atoms. The van der Waals surface area contributed by atoms with Crippen LogP contribution < -0.4 is 24.8 Å². The maximum Gasteiger partial charge on any atom is 0.422 e. The Bertz CT molecular complexity index is 773. The molecule has 0 heterocycles. The van der Waals surface area contributed by atoms with Gasteiger partial charge in [-0.1, -0.05) is 0 Å². The summed E-state index contributed by atoms with van der Waals surface area (Å²) >= 11 is 0. The van der Waals surface area contributed by atoms with E-state index >= 15 is 0 Å². The lowest BCUT2D eigenvalue weighted by molar-refractivity contribution is -0.153. The summed E-state index contributed by atoms with van der Waals surface area (Å²) in [5.41, 5.74) is 1.07. The molecule has 28 heavy (non-hydrogen) atoms. The van der Waals surface area contributed by atoms with Crippen LogP contribution in [-0.4, -0.2) is 39.0 Å². The van der Waals surface area contributed by atoms with Gasteiger partial charge in [0.15, 0.2) is 6.61 Å². The molecule has 2 N–H and O–H groups in total. The van der Waals surface area contributed by atoms with Gasteiger partial charge in [0.2, 0.25) is 5.91 Å². The van der Waals surface area contributed by atoms with Gasteiger partial charge in [-0.2, -0.15) is 13.2 Å². The molecule has 2 aromatic rings. The molecule has 0 aliphatic rings. The Morgan fingerprint density at radius 1 is 0.964 bits per heavy atom. The van der Waals surface area contributed by atoms with Crippen LogP contribution >= 0.6 is 0 Å². The van der Waals surface area contributed by atoms with Crippen LogP contribution in [0, 0.1) is 0 Å². The zero-order valence-corrected chi connectivity index (χ0v) is 15.6. The number of methoxy groups -OCH3 is 2. The van der Waals surface area contributed by atoms with Crippen molar-refractivity contribution in [2.75, 3.05) is 31.5 Å². The highest BCUT2D eigenvalue weighted by atomic mass is 19.4.